The molecule has 1 aromatic rings. The van der Waals surface area contributed by atoms with E-state index in [0.717, 1.165) is 0 Å². The molecule has 0 aromatic carbocycles. The van der Waals surface area contributed by atoms with Gasteiger partial charge in [0.1, 0.15) is 5.82 Å². The number of alkyl halides is 2. The first-order valence-corrected chi connectivity index (χ1v) is 5.89. The minimum atomic E-state index is -2.46. The molecule has 0 saturated carbocycles. The first kappa shape index (κ1) is 15.1. The van der Waals surface area contributed by atoms with Gasteiger partial charge in [-0.2, -0.15) is 0 Å². The van der Waals surface area contributed by atoms with E-state index in [0.29, 0.717) is 16.5 Å². The fraction of sp³-hybridized carbons (Fsp3) is 0.545. The molecule has 2 N–H and O–H groups in total. The average molecular weight is 280 g/mol. The van der Waals surface area contributed by atoms with Crippen molar-refractivity contribution in [2.45, 2.75) is 13.0 Å². The normalized spacial score (nSPS) is 11.3. The minimum absolute atomic E-state index is 0.159. The van der Waals surface area contributed by atoms with Crippen LogP contribution >= 0.6 is 11.6 Å². The maximum Gasteiger partial charge on any atom is 0.251 e. The van der Waals surface area contributed by atoms with Gasteiger partial charge in [0.25, 0.3) is 6.43 Å². The lowest BCUT2D eigenvalue weighted by Gasteiger charge is -2.21. The molecule has 1 rings (SSSR count). The Balaban J connectivity index is 2.78. The Kier molecular flexibility index (Phi) is 6.24. The predicted molar refractivity (Wildman–Crippen MR) is 67.2 cm³/mol. The number of nitrogens with one attached hydrogen (secondary N) is 1. The summed E-state index contributed by atoms with van der Waals surface area (Å²) in [6.45, 7) is -0.260. The van der Waals surface area contributed by atoms with E-state index in [2.05, 4.69) is 10.3 Å². The first-order valence-electron chi connectivity index (χ1n) is 5.51. The highest BCUT2D eigenvalue weighted by molar-refractivity contribution is 6.31. The summed E-state index contributed by atoms with van der Waals surface area (Å²) >= 11 is 5.97. The zero-order valence-corrected chi connectivity index (χ0v) is 10.8. The molecular formula is C11H16ClF2N3O. The van der Waals surface area contributed by atoms with Crippen LogP contribution in [-0.2, 0) is 6.54 Å². The molecule has 0 spiro atoms. The fourth-order valence-electron chi connectivity index (χ4n) is 1.52. The molecule has 0 saturated heterocycles. The van der Waals surface area contributed by atoms with Crippen LogP contribution in [0.4, 0.5) is 14.6 Å². The number of nitrogens with zero attached hydrogens (tertiary/aromatic N) is 2. The van der Waals surface area contributed by atoms with Crippen LogP contribution in [0.5, 0.6) is 0 Å². The predicted octanol–water partition coefficient (Wildman–Crippen LogP) is 1.84. The number of hydrogen-bond acceptors (Lipinski definition) is 4. The molecule has 0 aliphatic rings. The van der Waals surface area contributed by atoms with Crippen LogP contribution in [0.15, 0.2) is 12.1 Å². The van der Waals surface area contributed by atoms with Crippen molar-refractivity contribution >= 4 is 17.4 Å². The highest BCUT2D eigenvalue weighted by atomic mass is 35.5. The van der Waals surface area contributed by atoms with Gasteiger partial charge in [-0.3, -0.25) is 4.90 Å². The molecule has 0 unspecified atom stereocenters. The maximum absolute atomic E-state index is 12.4. The van der Waals surface area contributed by atoms with E-state index in [9.17, 15) is 8.78 Å². The van der Waals surface area contributed by atoms with Crippen molar-refractivity contribution in [3.63, 3.8) is 0 Å². The molecule has 7 heteroatoms. The highest BCUT2D eigenvalue weighted by Crippen LogP contribution is 2.18. The third-order valence-electron chi connectivity index (χ3n) is 2.36. The van der Waals surface area contributed by atoms with Crippen molar-refractivity contribution in [3.05, 3.63) is 22.8 Å². The zero-order valence-electron chi connectivity index (χ0n) is 10.0. The number of rotatable bonds is 7. The fourth-order valence-corrected chi connectivity index (χ4v) is 1.68. The molecule has 18 heavy (non-hydrogen) atoms. The molecule has 0 amide bonds. The summed E-state index contributed by atoms with van der Waals surface area (Å²) in [4.78, 5) is 5.62. The van der Waals surface area contributed by atoms with E-state index in [4.69, 9.17) is 16.7 Å². The van der Waals surface area contributed by atoms with Crippen molar-refractivity contribution in [2.24, 2.45) is 0 Å². The standard InChI is InChI=1S/C11H16ClF2N3O/c1-15-11-3-2-8(12)9(16-11)6-17(4-5-18)7-10(13)14/h2-3,10,18H,4-7H2,1H3,(H,15,16). The van der Waals surface area contributed by atoms with E-state index in [-0.39, 0.29) is 19.7 Å². The number of aliphatic hydroxyl groups excluding tert-OH is 1. The number of aromatic nitrogens is 1. The first-order chi connectivity index (χ1) is 8.56. The van der Waals surface area contributed by atoms with E-state index in [1.165, 1.54) is 4.90 Å². The van der Waals surface area contributed by atoms with Crippen molar-refractivity contribution in [1.29, 1.82) is 0 Å². The SMILES string of the molecule is CNc1ccc(Cl)c(CN(CCO)CC(F)F)n1. The van der Waals surface area contributed by atoms with Crippen LogP contribution in [0.25, 0.3) is 0 Å². The second kappa shape index (κ2) is 7.45. The van der Waals surface area contributed by atoms with Gasteiger partial charge < -0.3 is 10.4 Å². The Bertz CT molecular complexity index is 379. The van der Waals surface area contributed by atoms with Gasteiger partial charge in [0.2, 0.25) is 0 Å². The van der Waals surface area contributed by atoms with Gasteiger partial charge in [0.05, 0.1) is 23.9 Å². The van der Waals surface area contributed by atoms with Gasteiger partial charge >= 0.3 is 0 Å². The quantitative estimate of drug-likeness (QED) is 0.800. The molecule has 1 aromatic heterocycles. The number of hydrogen-bond donors (Lipinski definition) is 2. The summed E-state index contributed by atoms with van der Waals surface area (Å²) in [6.07, 6.45) is -2.46. The Hall–Kier alpha value is -0.980. The highest BCUT2D eigenvalue weighted by Gasteiger charge is 2.14. The monoisotopic (exact) mass is 279 g/mol. The van der Waals surface area contributed by atoms with Crippen LogP contribution < -0.4 is 5.32 Å². The third-order valence-corrected chi connectivity index (χ3v) is 2.70. The summed E-state index contributed by atoms with van der Waals surface area (Å²) < 4.78 is 24.7. The molecule has 102 valence electrons. The smallest absolute Gasteiger partial charge is 0.251 e. The van der Waals surface area contributed by atoms with Crippen LogP contribution in [0.3, 0.4) is 0 Å². The zero-order chi connectivity index (χ0) is 13.5. The molecule has 4 nitrogen and oxygen atoms in total. The lowest BCUT2D eigenvalue weighted by Crippen LogP contribution is -2.31. The van der Waals surface area contributed by atoms with Gasteiger partial charge in [0.15, 0.2) is 0 Å². The van der Waals surface area contributed by atoms with Gasteiger partial charge in [-0.25, -0.2) is 13.8 Å². The molecule has 0 atom stereocenters. The van der Waals surface area contributed by atoms with Crippen molar-refractivity contribution in [3.8, 4) is 0 Å². The maximum atomic E-state index is 12.4. The molecule has 1 heterocycles. The second-order valence-electron chi connectivity index (χ2n) is 3.72. The summed E-state index contributed by atoms with van der Waals surface area (Å²) in [6, 6.07) is 3.37. The Morgan fingerprint density at radius 1 is 1.50 bits per heavy atom. The van der Waals surface area contributed by atoms with Crippen molar-refractivity contribution in [1.82, 2.24) is 9.88 Å². The topological polar surface area (TPSA) is 48.4 Å². The van der Waals surface area contributed by atoms with Gasteiger partial charge in [-0.1, -0.05) is 11.6 Å². The van der Waals surface area contributed by atoms with E-state index < -0.39 is 13.0 Å². The van der Waals surface area contributed by atoms with Gasteiger partial charge in [0, 0.05) is 20.1 Å². The average Bonchev–Trinajstić information content (AvgIpc) is 2.31. The largest absolute Gasteiger partial charge is 0.395 e. The molecular weight excluding hydrogens is 264 g/mol. The summed E-state index contributed by atoms with van der Waals surface area (Å²) in [5.74, 6) is 0.621. The lowest BCUT2D eigenvalue weighted by molar-refractivity contribution is 0.0741. The summed E-state index contributed by atoms with van der Waals surface area (Å²) in [5.41, 5.74) is 0.512. The Morgan fingerprint density at radius 3 is 2.78 bits per heavy atom. The van der Waals surface area contributed by atoms with Gasteiger partial charge in [-0.15, -0.1) is 0 Å². The Labute approximate surface area is 110 Å². The third kappa shape index (κ3) is 4.72. The molecule has 0 aliphatic heterocycles. The molecule has 0 bridgehead atoms. The van der Waals surface area contributed by atoms with Crippen LogP contribution in [0, 0.1) is 0 Å². The van der Waals surface area contributed by atoms with E-state index in [1.807, 2.05) is 0 Å². The van der Waals surface area contributed by atoms with Crippen LogP contribution in [0.1, 0.15) is 5.69 Å². The Morgan fingerprint density at radius 2 is 2.22 bits per heavy atom. The molecule has 0 aliphatic carbocycles. The number of aliphatic hydroxyl groups is 1. The van der Waals surface area contributed by atoms with Crippen molar-refractivity contribution in [2.75, 3.05) is 32.1 Å². The number of pyridine rings is 1. The van der Waals surface area contributed by atoms with Crippen LogP contribution in [-0.4, -0.2) is 48.2 Å². The van der Waals surface area contributed by atoms with E-state index >= 15 is 0 Å². The van der Waals surface area contributed by atoms with Crippen LogP contribution in [0.2, 0.25) is 5.02 Å². The summed E-state index contributed by atoms with van der Waals surface area (Å²) in [7, 11) is 1.71. The molecule has 0 radical (unpaired) electrons. The second-order valence-corrected chi connectivity index (χ2v) is 4.13. The molecule has 0 fully saturated rings. The number of halogens is 3. The van der Waals surface area contributed by atoms with E-state index in [1.54, 1.807) is 19.2 Å². The van der Waals surface area contributed by atoms with Crippen molar-refractivity contribution < 1.29 is 13.9 Å². The van der Waals surface area contributed by atoms with Gasteiger partial charge in [-0.05, 0) is 12.1 Å². The summed E-state index contributed by atoms with van der Waals surface area (Å²) in [5, 5.41) is 12.1. The minimum Gasteiger partial charge on any atom is -0.395 e. The lowest BCUT2D eigenvalue weighted by atomic mass is 10.3. The number of anilines is 1.